The van der Waals surface area contributed by atoms with Gasteiger partial charge >= 0.3 is 0 Å². The van der Waals surface area contributed by atoms with E-state index >= 15 is 0 Å². The van der Waals surface area contributed by atoms with Gasteiger partial charge in [-0.3, -0.25) is 0 Å². The first kappa shape index (κ1) is 17.3. The van der Waals surface area contributed by atoms with Crippen molar-refractivity contribution in [3.8, 4) is 22.1 Å². The number of nitrogens with one attached hydrogen (secondary N) is 1. The normalized spacial score (nSPS) is 15.6. The molecule has 1 N–H and O–H groups in total. The second-order valence-electron chi connectivity index (χ2n) is 6.54. The number of pyridine rings is 1. The molecule has 4 heterocycles. The summed E-state index contributed by atoms with van der Waals surface area (Å²) in [6.45, 7) is 4.11. The van der Waals surface area contributed by atoms with Gasteiger partial charge in [0.15, 0.2) is 17.3 Å². The Kier molecular flexibility index (Phi) is 4.72. The number of nitrogens with zero attached hydrogens (tertiary/aromatic N) is 3. The average molecular weight is 396 g/mol. The van der Waals surface area contributed by atoms with Crippen molar-refractivity contribution in [3.63, 3.8) is 0 Å². The first-order chi connectivity index (χ1) is 13.9. The minimum atomic E-state index is 0.280. The SMILES string of the molecule is c1cnc(N2CCOCC2)c(NCc2csc(-c3ccc4c(c3)OCO4)n2)c1. The van der Waals surface area contributed by atoms with Gasteiger partial charge in [0, 0.05) is 30.2 Å². The third-order valence-electron chi connectivity index (χ3n) is 4.73. The summed E-state index contributed by atoms with van der Waals surface area (Å²) in [5, 5.41) is 6.54. The number of hydrogen-bond donors (Lipinski definition) is 1. The smallest absolute Gasteiger partial charge is 0.231 e. The summed E-state index contributed by atoms with van der Waals surface area (Å²) < 4.78 is 16.3. The molecule has 8 heteroatoms. The first-order valence-corrected chi connectivity index (χ1v) is 10.1. The van der Waals surface area contributed by atoms with Crippen LogP contribution in [-0.2, 0) is 11.3 Å². The molecular formula is C20H20N4O3S. The van der Waals surface area contributed by atoms with Crippen LogP contribution in [0.1, 0.15) is 5.69 Å². The Balaban J connectivity index is 1.29. The van der Waals surface area contributed by atoms with Crippen molar-refractivity contribution in [2.24, 2.45) is 0 Å². The lowest BCUT2D eigenvalue weighted by atomic mass is 10.2. The van der Waals surface area contributed by atoms with Gasteiger partial charge in [-0.1, -0.05) is 0 Å². The number of anilines is 2. The molecule has 0 spiro atoms. The van der Waals surface area contributed by atoms with Crippen LogP contribution < -0.4 is 19.7 Å². The molecule has 0 radical (unpaired) electrons. The van der Waals surface area contributed by atoms with Gasteiger partial charge in [0.05, 0.1) is 31.1 Å². The van der Waals surface area contributed by atoms with Gasteiger partial charge in [0.1, 0.15) is 5.01 Å². The largest absolute Gasteiger partial charge is 0.454 e. The van der Waals surface area contributed by atoms with Crippen LogP contribution in [0.5, 0.6) is 11.5 Å². The quantitative estimate of drug-likeness (QED) is 0.709. The van der Waals surface area contributed by atoms with E-state index in [4.69, 9.17) is 19.2 Å². The molecule has 2 aliphatic heterocycles. The molecule has 0 amide bonds. The van der Waals surface area contributed by atoms with Gasteiger partial charge in [-0.2, -0.15) is 0 Å². The fraction of sp³-hybridized carbons (Fsp3) is 0.300. The van der Waals surface area contributed by atoms with E-state index in [1.807, 2.05) is 30.5 Å². The lowest BCUT2D eigenvalue weighted by molar-refractivity contribution is 0.122. The van der Waals surface area contributed by atoms with Crippen LogP contribution in [0.15, 0.2) is 41.9 Å². The molecule has 2 aromatic heterocycles. The molecule has 3 aromatic rings. The summed E-state index contributed by atoms with van der Waals surface area (Å²) in [4.78, 5) is 11.6. The van der Waals surface area contributed by atoms with Crippen molar-refractivity contribution in [2.45, 2.75) is 6.54 Å². The van der Waals surface area contributed by atoms with Crippen molar-refractivity contribution < 1.29 is 14.2 Å². The van der Waals surface area contributed by atoms with Crippen LogP contribution >= 0.6 is 11.3 Å². The summed E-state index contributed by atoms with van der Waals surface area (Å²) >= 11 is 1.63. The summed E-state index contributed by atoms with van der Waals surface area (Å²) in [6, 6.07) is 9.94. The second-order valence-corrected chi connectivity index (χ2v) is 7.40. The van der Waals surface area contributed by atoms with E-state index in [0.717, 1.165) is 65.6 Å². The summed E-state index contributed by atoms with van der Waals surface area (Å²) in [5.74, 6) is 2.53. The minimum Gasteiger partial charge on any atom is -0.454 e. The molecule has 1 aromatic carbocycles. The third kappa shape index (κ3) is 3.48. The highest BCUT2D eigenvalue weighted by Crippen LogP contribution is 2.36. The Labute approximate surface area is 166 Å². The first-order valence-electron chi connectivity index (χ1n) is 9.23. The number of benzene rings is 1. The number of ether oxygens (including phenoxy) is 3. The van der Waals surface area contributed by atoms with E-state index in [0.29, 0.717) is 6.54 Å². The van der Waals surface area contributed by atoms with E-state index in [-0.39, 0.29) is 6.79 Å². The highest BCUT2D eigenvalue weighted by Gasteiger charge is 2.17. The molecule has 28 heavy (non-hydrogen) atoms. The van der Waals surface area contributed by atoms with E-state index in [2.05, 4.69) is 26.6 Å². The predicted octanol–water partition coefficient (Wildman–Crippen LogP) is 3.38. The van der Waals surface area contributed by atoms with Crippen molar-refractivity contribution >= 4 is 22.8 Å². The highest BCUT2D eigenvalue weighted by molar-refractivity contribution is 7.13. The second kappa shape index (κ2) is 7.65. The Hall–Kier alpha value is -2.84. The standard InChI is InChI=1S/C20H20N4O3S/c1-2-16(19(21-5-1)24-6-8-25-9-7-24)22-11-15-12-28-20(23-15)14-3-4-17-18(10-14)27-13-26-17/h1-5,10,12,22H,6-9,11,13H2. The number of rotatable bonds is 5. The molecular weight excluding hydrogens is 376 g/mol. The molecule has 1 fully saturated rings. The maximum atomic E-state index is 5.47. The molecule has 0 atom stereocenters. The zero-order valence-electron chi connectivity index (χ0n) is 15.3. The fourth-order valence-corrected chi connectivity index (χ4v) is 4.11. The third-order valence-corrected chi connectivity index (χ3v) is 5.67. The van der Waals surface area contributed by atoms with E-state index in [1.54, 1.807) is 11.3 Å². The number of thiazole rings is 1. The van der Waals surface area contributed by atoms with Crippen LogP contribution in [0.3, 0.4) is 0 Å². The van der Waals surface area contributed by atoms with Crippen LogP contribution in [0.25, 0.3) is 10.6 Å². The van der Waals surface area contributed by atoms with Crippen molar-refractivity contribution in [1.82, 2.24) is 9.97 Å². The molecule has 2 aliphatic rings. The van der Waals surface area contributed by atoms with Crippen molar-refractivity contribution in [3.05, 3.63) is 47.6 Å². The maximum Gasteiger partial charge on any atom is 0.231 e. The Morgan fingerprint density at radius 3 is 2.93 bits per heavy atom. The van der Waals surface area contributed by atoms with Gasteiger partial charge in [0.2, 0.25) is 6.79 Å². The van der Waals surface area contributed by atoms with E-state index < -0.39 is 0 Å². The van der Waals surface area contributed by atoms with Crippen LogP contribution in [0, 0.1) is 0 Å². The Morgan fingerprint density at radius 1 is 1.11 bits per heavy atom. The zero-order chi connectivity index (χ0) is 18.8. The summed E-state index contributed by atoms with van der Waals surface area (Å²) in [6.07, 6.45) is 1.83. The fourth-order valence-electron chi connectivity index (χ4n) is 3.30. The number of aromatic nitrogens is 2. The average Bonchev–Trinajstić information content (AvgIpc) is 3.42. The van der Waals surface area contributed by atoms with Crippen LogP contribution in [0.2, 0.25) is 0 Å². The van der Waals surface area contributed by atoms with Gasteiger partial charge in [-0.05, 0) is 30.3 Å². The van der Waals surface area contributed by atoms with Crippen LogP contribution in [-0.4, -0.2) is 43.1 Å². The van der Waals surface area contributed by atoms with Crippen molar-refractivity contribution in [1.29, 1.82) is 0 Å². The van der Waals surface area contributed by atoms with Crippen LogP contribution in [0.4, 0.5) is 11.5 Å². The van der Waals surface area contributed by atoms with E-state index in [9.17, 15) is 0 Å². The zero-order valence-corrected chi connectivity index (χ0v) is 16.1. The van der Waals surface area contributed by atoms with E-state index in [1.165, 1.54) is 0 Å². The number of hydrogen-bond acceptors (Lipinski definition) is 8. The molecule has 0 bridgehead atoms. The molecule has 0 saturated carbocycles. The van der Waals surface area contributed by atoms with Crippen molar-refractivity contribution in [2.75, 3.05) is 43.3 Å². The molecule has 0 aliphatic carbocycles. The van der Waals surface area contributed by atoms with Gasteiger partial charge in [-0.15, -0.1) is 11.3 Å². The maximum absolute atomic E-state index is 5.47. The lowest BCUT2D eigenvalue weighted by Crippen LogP contribution is -2.37. The highest BCUT2D eigenvalue weighted by atomic mass is 32.1. The molecule has 0 unspecified atom stereocenters. The lowest BCUT2D eigenvalue weighted by Gasteiger charge is -2.29. The molecule has 144 valence electrons. The van der Waals surface area contributed by atoms with Gasteiger partial charge in [0.25, 0.3) is 0 Å². The molecule has 7 nitrogen and oxygen atoms in total. The molecule has 1 saturated heterocycles. The monoisotopic (exact) mass is 396 g/mol. The van der Waals surface area contributed by atoms with Gasteiger partial charge in [-0.25, -0.2) is 9.97 Å². The summed E-state index contributed by atoms with van der Waals surface area (Å²) in [7, 11) is 0. The predicted molar refractivity (Wildman–Crippen MR) is 108 cm³/mol. The topological polar surface area (TPSA) is 68.7 Å². The Bertz CT molecular complexity index is 972. The Morgan fingerprint density at radius 2 is 2.00 bits per heavy atom. The number of fused-ring (bicyclic) bond motifs is 1. The number of morpholine rings is 1. The minimum absolute atomic E-state index is 0.280. The molecule has 5 rings (SSSR count). The summed E-state index contributed by atoms with van der Waals surface area (Å²) in [5.41, 5.74) is 3.05. The van der Waals surface area contributed by atoms with Gasteiger partial charge < -0.3 is 24.4 Å².